The lowest BCUT2D eigenvalue weighted by molar-refractivity contribution is -0.138. The van der Waals surface area contributed by atoms with Gasteiger partial charge in [0, 0.05) is 6.42 Å². The second-order valence-electron chi connectivity index (χ2n) is 2.16. The van der Waals surface area contributed by atoms with Gasteiger partial charge in [0.05, 0.1) is 11.9 Å². The molecular weight excluding hydrogens is 162 g/mol. The maximum Gasteiger partial charge on any atom is 0.320 e. The number of rotatable bonds is 3. The lowest BCUT2D eigenvalue weighted by atomic mass is 10.2. The number of hydrogen-bond donors (Lipinski definition) is 2. The molecule has 0 saturated carbocycles. The van der Waals surface area contributed by atoms with E-state index in [4.69, 9.17) is 10.8 Å². The van der Waals surface area contributed by atoms with E-state index >= 15 is 0 Å². The molecule has 1 aromatic rings. The quantitative estimate of drug-likeness (QED) is 0.549. The Balaban J connectivity index is 2.58. The highest BCUT2D eigenvalue weighted by molar-refractivity contribution is 5.73. The van der Waals surface area contributed by atoms with E-state index in [-0.39, 0.29) is 6.42 Å². The summed E-state index contributed by atoms with van der Waals surface area (Å²) in [5.74, 6) is -1.08. The second kappa shape index (κ2) is 3.67. The molecule has 7 heteroatoms. The molecule has 0 radical (unpaired) electrons. The summed E-state index contributed by atoms with van der Waals surface area (Å²) in [5, 5.41) is 21.8. The van der Waals surface area contributed by atoms with Crippen LogP contribution in [-0.2, 0) is 11.2 Å². The van der Waals surface area contributed by atoms with Crippen LogP contribution in [0.3, 0.4) is 0 Å². The summed E-state index contributed by atoms with van der Waals surface area (Å²) in [6, 6.07) is -0.969. The minimum atomic E-state index is -1.08. The van der Waals surface area contributed by atoms with E-state index in [0.29, 0.717) is 5.69 Å². The zero-order chi connectivity index (χ0) is 8.97. The molecule has 0 aliphatic heterocycles. The maximum atomic E-state index is 10.3. The highest BCUT2D eigenvalue weighted by atomic mass is 16.4. The molecule has 0 spiro atoms. The molecule has 7 nitrogen and oxygen atoms in total. The van der Waals surface area contributed by atoms with Crippen molar-refractivity contribution in [1.82, 2.24) is 20.6 Å². The van der Waals surface area contributed by atoms with Gasteiger partial charge in [-0.2, -0.15) is 0 Å². The largest absolute Gasteiger partial charge is 0.480 e. The SMILES string of the molecule is N[C@H](Cc1cnnnn1)C(=O)O. The predicted molar refractivity (Wildman–Crippen MR) is 36.9 cm³/mol. The third kappa shape index (κ3) is 2.20. The first-order chi connectivity index (χ1) is 5.70. The Morgan fingerprint density at radius 3 is 2.92 bits per heavy atom. The van der Waals surface area contributed by atoms with Gasteiger partial charge in [-0.15, -0.1) is 10.2 Å². The minimum Gasteiger partial charge on any atom is -0.480 e. The number of carboxylic acid groups (broad SMARTS) is 1. The summed E-state index contributed by atoms with van der Waals surface area (Å²) in [6.07, 6.45) is 1.44. The number of carboxylic acids is 1. The maximum absolute atomic E-state index is 10.3. The number of carbonyl (C=O) groups is 1. The monoisotopic (exact) mass is 169 g/mol. The van der Waals surface area contributed by atoms with E-state index in [9.17, 15) is 4.79 Å². The smallest absolute Gasteiger partial charge is 0.320 e. The molecule has 0 fully saturated rings. The summed E-state index contributed by atoms with van der Waals surface area (Å²) in [6.45, 7) is 0. The van der Waals surface area contributed by atoms with Crippen LogP contribution in [0.4, 0.5) is 0 Å². The third-order valence-electron chi connectivity index (χ3n) is 1.22. The van der Waals surface area contributed by atoms with Crippen LogP contribution in [0.5, 0.6) is 0 Å². The van der Waals surface area contributed by atoms with Crippen LogP contribution in [0.2, 0.25) is 0 Å². The predicted octanol–water partition coefficient (Wildman–Crippen LogP) is -1.78. The topological polar surface area (TPSA) is 115 Å². The highest BCUT2D eigenvalue weighted by Gasteiger charge is 2.12. The molecule has 0 bridgehead atoms. The Morgan fingerprint density at radius 2 is 2.42 bits per heavy atom. The molecule has 0 saturated heterocycles. The van der Waals surface area contributed by atoms with Crippen molar-refractivity contribution in [3.05, 3.63) is 11.9 Å². The Kier molecular flexibility index (Phi) is 2.59. The van der Waals surface area contributed by atoms with Crippen LogP contribution in [0, 0.1) is 0 Å². The van der Waals surface area contributed by atoms with Gasteiger partial charge in [0.25, 0.3) is 0 Å². The number of nitrogens with two attached hydrogens (primary N) is 1. The fraction of sp³-hybridized carbons (Fsp3) is 0.400. The summed E-state index contributed by atoms with van der Waals surface area (Å²) in [5.41, 5.74) is 5.65. The van der Waals surface area contributed by atoms with E-state index in [0.717, 1.165) is 0 Å². The van der Waals surface area contributed by atoms with Gasteiger partial charge in [0.2, 0.25) is 0 Å². The van der Waals surface area contributed by atoms with Gasteiger partial charge >= 0.3 is 5.97 Å². The van der Waals surface area contributed by atoms with Crippen molar-refractivity contribution in [1.29, 1.82) is 0 Å². The Morgan fingerprint density at radius 1 is 1.67 bits per heavy atom. The zero-order valence-electron chi connectivity index (χ0n) is 6.08. The van der Waals surface area contributed by atoms with Gasteiger partial charge < -0.3 is 10.8 Å². The lowest BCUT2D eigenvalue weighted by Crippen LogP contribution is -2.32. The molecule has 0 unspecified atom stereocenters. The van der Waals surface area contributed by atoms with Crippen molar-refractivity contribution in [2.24, 2.45) is 5.73 Å². The van der Waals surface area contributed by atoms with Crippen LogP contribution in [-0.4, -0.2) is 37.7 Å². The summed E-state index contributed by atoms with van der Waals surface area (Å²) < 4.78 is 0. The molecule has 0 amide bonds. The zero-order valence-corrected chi connectivity index (χ0v) is 6.08. The van der Waals surface area contributed by atoms with Gasteiger partial charge in [-0.3, -0.25) is 4.79 Å². The summed E-state index contributed by atoms with van der Waals surface area (Å²) >= 11 is 0. The van der Waals surface area contributed by atoms with Crippen molar-refractivity contribution < 1.29 is 9.90 Å². The minimum absolute atomic E-state index is 0.109. The van der Waals surface area contributed by atoms with E-state index in [1.165, 1.54) is 6.20 Å². The molecule has 1 aromatic heterocycles. The molecule has 1 heterocycles. The van der Waals surface area contributed by atoms with Gasteiger partial charge in [-0.05, 0) is 10.4 Å². The number of nitrogens with zero attached hydrogens (tertiary/aromatic N) is 4. The number of aromatic nitrogens is 4. The van der Waals surface area contributed by atoms with Gasteiger partial charge in [0.15, 0.2) is 0 Å². The lowest BCUT2D eigenvalue weighted by Gasteiger charge is -2.02. The Bertz CT molecular complexity index is 264. The molecular formula is C5H7N5O2. The van der Waals surface area contributed by atoms with Crippen molar-refractivity contribution >= 4 is 5.97 Å². The Hall–Kier alpha value is -1.63. The number of hydrogen-bond acceptors (Lipinski definition) is 6. The van der Waals surface area contributed by atoms with E-state index in [1.807, 2.05) is 0 Å². The first-order valence-corrected chi connectivity index (χ1v) is 3.18. The first kappa shape index (κ1) is 8.47. The van der Waals surface area contributed by atoms with Crippen LogP contribution in [0.25, 0.3) is 0 Å². The molecule has 1 atom stereocenters. The fourth-order valence-corrected chi connectivity index (χ4v) is 0.625. The molecule has 0 aliphatic carbocycles. The van der Waals surface area contributed by atoms with Crippen molar-refractivity contribution in [2.45, 2.75) is 12.5 Å². The second-order valence-corrected chi connectivity index (χ2v) is 2.16. The highest BCUT2D eigenvalue weighted by Crippen LogP contribution is 1.92. The molecule has 1 rings (SSSR count). The van der Waals surface area contributed by atoms with Crippen LogP contribution >= 0.6 is 0 Å². The summed E-state index contributed by atoms with van der Waals surface area (Å²) in [4.78, 5) is 10.3. The molecule has 64 valence electrons. The molecule has 12 heavy (non-hydrogen) atoms. The summed E-state index contributed by atoms with van der Waals surface area (Å²) in [7, 11) is 0. The van der Waals surface area contributed by atoms with Crippen LogP contribution in [0.15, 0.2) is 6.20 Å². The van der Waals surface area contributed by atoms with Crippen molar-refractivity contribution in [2.75, 3.05) is 0 Å². The van der Waals surface area contributed by atoms with E-state index < -0.39 is 12.0 Å². The van der Waals surface area contributed by atoms with Crippen LogP contribution in [0.1, 0.15) is 5.69 Å². The van der Waals surface area contributed by atoms with Crippen molar-refractivity contribution in [3.8, 4) is 0 Å². The van der Waals surface area contributed by atoms with Gasteiger partial charge in [-0.25, -0.2) is 0 Å². The fourth-order valence-electron chi connectivity index (χ4n) is 0.625. The molecule has 3 N–H and O–H groups in total. The first-order valence-electron chi connectivity index (χ1n) is 3.18. The van der Waals surface area contributed by atoms with E-state index in [2.05, 4.69) is 20.6 Å². The Labute approximate surface area is 67.6 Å². The average molecular weight is 169 g/mol. The standard InChI is InChI=1S/C5H7N5O2/c6-4(5(11)12)1-3-2-7-9-10-8-3/h2,4H,1,6H2,(H,11,12)/t4-/m1/s1. The van der Waals surface area contributed by atoms with Gasteiger partial charge in [0.1, 0.15) is 6.04 Å². The molecule has 0 aliphatic rings. The normalized spacial score (nSPS) is 12.4. The molecule has 0 aromatic carbocycles. The van der Waals surface area contributed by atoms with Crippen LogP contribution < -0.4 is 5.73 Å². The van der Waals surface area contributed by atoms with E-state index in [1.54, 1.807) is 0 Å². The number of aliphatic carboxylic acids is 1. The van der Waals surface area contributed by atoms with Gasteiger partial charge in [-0.1, -0.05) is 0 Å². The van der Waals surface area contributed by atoms with Crippen molar-refractivity contribution in [3.63, 3.8) is 0 Å². The third-order valence-corrected chi connectivity index (χ3v) is 1.22. The average Bonchev–Trinajstić information content (AvgIpc) is 2.06.